The van der Waals surface area contributed by atoms with Crippen LogP contribution in [0.3, 0.4) is 0 Å². The summed E-state index contributed by atoms with van der Waals surface area (Å²) in [5.74, 6) is -1.13. The van der Waals surface area contributed by atoms with E-state index in [1.807, 2.05) is 5.32 Å². The van der Waals surface area contributed by atoms with Gasteiger partial charge in [-0.2, -0.15) is 17.5 Å². The Labute approximate surface area is 224 Å². The first kappa shape index (κ1) is 28.1. The van der Waals surface area contributed by atoms with Crippen molar-refractivity contribution in [3.63, 3.8) is 0 Å². The molecule has 1 atom stereocenters. The third kappa shape index (κ3) is 6.07. The van der Waals surface area contributed by atoms with Gasteiger partial charge in [0.25, 0.3) is 10.0 Å². The monoisotopic (exact) mass is 606 g/mol. The number of amides is 2. The molecule has 39 heavy (non-hydrogen) atoms. The van der Waals surface area contributed by atoms with Gasteiger partial charge in [-0.3, -0.25) is 14.4 Å². The summed E-state index contributed by atoms with van der Waals surface area (Å²) in [5, 5.41) is 12.4. The molecular weight excluding hydrogens is 589 g/mol. The maximum Gasteiger partial charge on any atom is 0.416 e. The van der Waals surface area contributed by atoms with E-state index in [-0.39, 0.29) is 22.3 Å². The number of benzene rings is 2. The number of hydrogen-bond donors (Lipinski definition) is 3. The SMILES string of the molecule is O=C(O)Nc1ccc2c(c1)N(S(=O)(=O)c1cccc(C(F)(F)F)c1)CC(CC(=O)N(c1nccs1)[SH](=O)=O)O2. The van der Waals surface area contributed by atoms with Crippen LogP contribution in [0.2, 0.25) is 0 Å². The molecule has 1 unspecified atom stereocenters. The number of anilines is 3. The molecule has 0 spiro atoms. The Bertz CT molecular complexity index is 1590. The summed E-state index contributed by atoms with van der Waals surface area (Å²) in [5.41, 5.74) is -1.50. The number of carboxylic acid groups (broad SMARTS) is 1. The molecule has 4 rings (SSSR count). The molecule has 18 heteroatoms. The summed E-state index contributed by atoms with van der Waals surface area (Å²) in [6.07, 6.45) is -6.95. The van der Waals surface area contributed by atoms with E-state index in [1.165, 1.54) is 23.7 Å². The fraction of sp³-hybridized carbons (Fsp3) is 0.190. The topological polar surface area (TPSA) is 163 Å². The fourth-order valence-corrected chi connectivity index (χ4v) is 6.58. The molecule has 1 aliphatic heterocycles. The number of ether oxygens (including phenoxy) is 1. The Morgan fingerprint density at radius 3 is 2.59 bits per heavy atom. The summed E-state index contributed by atoms with van der Waals surface area (Å²) in [7, 11) is -8.19. The van der Waals surface area contributed by atoms with Gasteiger partial charge in [0.1, 0.15) is 11.9 Å². The summed E-state index contributed by atoms with van der Waals surface area (Å²) >= 11 is 0.866. The zero-order valence-electron chi connectivity index (χ0n) is 19.2. The van der Waals surface area contributed by atoms with Crippen molar-refractivity contribution >= 4 is 60.8 Å². The van der Waals surface area contributed by atoms with Crippen LogP contribution < -0.4 is 18.7 Å². The Kier molecular flexibility index (Phi) is 7.71. The van der Waals surface area contributed by atoms with Crippen molar-refractivity contribution in [2.75, 3.05) is 20.5 Å². The summed E-state index contributed by atoms with van der Waals surface area (Å²) in [6, 6.07) is 6.54. The van der Waals surface area contributed by atoms with Crippen molar-refractivity contribution < 1.29 is 49.4 Å². The lowest BCUT2D eigenvalue weighted by Crippen LogP contribution is -2.46. The maximum atomic E-state index is 13.6. The number of sulfonamides is 1. The molecule has 0 saturated carbocycles. The molecule has 2 aromatic carbocycles. The number of fused-ring (bicyclic) bond motifs is 1. The highest BCUT2D eigenvalue weighted by atomic mass is 32.2. The highest BCUT2D eigenvalue weighted by molar-refractivity contribution is 7.92. The molecule has 0 bridgehead atoms. The van der Waals surface area contributed by atoms with Crippen LogP contribution in [0, 0.1) is 0 Å². The second kappa shape index (κ2) is 10.7. The Morgan fingerprint density at radius 2 is 1.97 bits per heavy atom. The molecule has 0 radical (unpaired) electrons. The van der Waals surface area contributed by atoms with Gasteiger partial charge in [0.05, 0.1) is 29.1 Å². The van der Waals surface area contributed by atoms with E-state index in [2.05, 4.69) is 4.98 Å². The number of thiazole rings is 1. The van der Waals surface area contributed by atoms with E-state index in [1.54, 1.807) is 0 Å². The van der Waals surface area contributed by atoms with Crippen molar-refractivity contribution in [2.24, 2.45) is 0 Å². The maximum absolute atomic E-state index is 13.6. The number of rotatable bonds is 7. The molecule has 1 aromatic heterocycles. The number of nitrogens with zero attached hydrogens (tertiary/aromatic N) is 3. The van der Waals surface area contributed by atoms with Crippen molar-refractivity contribution in [3.05, 3.63) is 59.6 Å². The van der Waals surface area contributed by atoms with Crippen LogP contribution in [0.25, 0.3) is 0 Å². The van der Waals surface area contributed by atoms with Gasteiger partial charge in [-0.15, -0.1) is 11.3 Å². The Hall–Kier alpha value is -3.90. The predicted molar refractivity (Wildman–Crippen MR) is 133 cm³/mol. The van der Waals surface area contributed by atoms with Crippen LogP contribution in [0.1, 0.15) is 12.0 Å². The summed E-state index contributed by atoms with van der Waals surface area (Å²) < 4.78 is 97.3. The van der Waals surface area contributed by atoms with Crippen molar-refractivity contribution in [1.29, 1.82) is 0 Å². The molecule has 0 aliphatic carbocycles. The number of carbonyl (C=O) groups is 2. The van der Waals surface area contributed by atoms with Crippen molar-refractivity contribution in [1.82, 2.24) is 4.98 Å². The smallest absolute Gasteiger partial charge is 0.416 e. The number of hydrogen-bond acceptors (Lipinski definition) is 9. The lowest BCUT2D eigenvalue weighted by molar-refractivity contribution is -0.137. The minimum atomic E-state index is -4.84. The normalized spacial score (nSPS) is 15.4. The van der Waals surface area contributed by atoms with Gasteiger partial charge in [0.2, 0.25) is 21.9 Å². The number of halogens is 3. The van der Waals surface area contributed by atoms with Gasteiger partial charge in [0.15, 0.2) is 0 Å². The number of thiol groups is 1. The van der Waals surface area contributed by atoms with Crippen LogP contribution in [0.15, 0.2) is 58.9 Å². The largest absolute Gasteiger partial charge is 0.486 e. The van der Waals surface area contributed by atoms with Gasteiger partial charge in [-0.1, -0.05) is 6.07 Å². The van der Waals surface area contributed by atoms with Crippen LogP contribution in [0.4, 0.5) is 34.5 Å². The molecule has 12 nitrogen and oxygen atoms in total. The van der Waals surface area contributed by atoms with E-state index < -0.39 is 68.6 Å². The minimum absolute atomic E-state index is 0.0677. The molecule has 0 saturated heterocycles. The van der Waals surface area contributed by atoms with Gasteiger partial charge >= 0.3 is 12.3 Å². The molecular formula is C21H17F3N4O8S3. The Balaban J connectivity index is 1.74. The fourth-order valence-electron chi connectivity index (χ4n) is 3.68. The highest BCUT2D eigenvalue weighted by Crippen LogP contribution is 2.40. The predicted octanol–water partition coefficient (Wildman–Crippen LogP) is 3.16. The molecule has 2 amide bonds. The number of carbonyl (C=O) groups excluding carboxylic acids is 1. The van der Waals surface area contributed by atoms with Gasteiger partial charge < -0.3 is 9.84 Å². The summed E-state index contributed by atoms with van der Waals surface area (Å²) in [4.78, 5) is 27.0. The lowest BCUT2D eigenvalue weighted by Gasteiger charge is -2.35. The van der Waals surface area contributed by atoms with Crippen LogP contribution in [0.5, 0.6) is 5.75 Å². The lowest BCUT2D eigenvalue weighted by atomic mass is 10.1. The second-order valence-electron chi connectivity index (χ2n) is 7.88. The van der Waals surface area contributed by atoms with E-state index in [4.69, 9.17) is 9.84 Å². The number of aromatic nitrogens is 1. The average Bonchev–Trinajstić information content (AvgIpc) is 3.37. The molecule has 3 aromatic rings. The average molecular weight is 607 g/mol. The van der Waals surface area contributed by atoms with E-state index in [0.717, 1.165) is 29.5 Å². The van der Waals surface area contributed by atoms with E-state index >= 15 is 0 Å². The molecule has 0 fully saturated rings. The number of alkyl halides is 3. The zero-order chi connectivity index (χ0) is 28.5. The number of nitrogens with one attached hydrogen (secondary N) is 1. The minimum Gasteiger partial charge on any atom is -0.486 e. The van der Waals surface area contributed by atoms with Gasteiger partial charge in [-0.25, -0.2) is 26.6 Å². The third-order valence-corrected chi connectivity index (χ3v) is 8.70. The Morgan fingerprint density at radius 1 is 1.23 bits per heavy atom. The molecule has 2 heterocycles. The van der Waals surface area contributed by atoms with E-state index in [0.29, 0.717) is 20.7 Å². The van der Waals surface area contributed by atoms with Gasteiger partial charge in [-0.05, 0) is 36.4 Å². The van der Waals surface area contributed by atoms with Crippen LogP contribution in [-0.2, 0) is 31.9 Å². The first-order chi connectivity index (χ1) is 18.3. The quantitative estimate of drug-likeness (QED) is 0.343. The van der Waals surface area contributed by atoms with E-state index in [9.17, 15) is 39.6 Å². The molecule has 1 aliphatic rings. The molecule has 2 N–H and O–H groups in total. The first-order valence-corrected chi connectivity index (χ1v) is 14.1. The third-order valence-electron chi connectivity index (χ3n) is 5.29. The van der Waals surface area contributed by atoms with Gasteiger partial charge in [0, 0.05) is 17.3 Å². The standard InChI is InChI=1S/C21H17F3N4O8S3/c22-21(23,24)12-2-1-3-15(8-12)39(34,35)27-11-14(10-18(29)28(38(32)33)19-25-6-7-37-19)36-17-5-4-13(9-16(17)27)26-20(30)31/h1-9,14,26,38H,10-11H2,(H,30,31). The summed E-state index contributed by atoms with van der Waals surface area (Å²) in [6.45, 7) is -0.616. The van der Waals surface area contributed by atoms with Crippen LogP contribution in [-0.4, -0.2) is 51.6 Å². The van der Waals surface area contributed by atoms with Crippen LogP contribution >= 0.6 is 11.3 Å². The zero-order valence-corrected chi connectivity index (χ0v) is 21.8. The van der Waals surface area contributed by atoms with Crippen molar-refractivity contribution in [2.45, 2.75) is 23.6 Å². The first-order valence-electron chi connectivity index (χ1n) is 10.6. The highest BCUT2D eigenvalue weighted by Gasteiger charge is 2.38. The van der Waals surface area contributed by atoms with Crippen molar-refractivity contribution in [3.8, 4) is 5.75 Å². The molecule has 208 valence electrons. The second-order valence-corrected chi connectivity index (χ2v) is 11.5.